The molecular weight excluding hydrogens is 304 g/mol. The SMILES string of the molecule is COC(C(=O)O)C1CCC(C2CCN(c3ccncc3)CC2)CC1. The highest BCUT2D eigenvalue weighted by atomic mass is 16.5. The van der Waals surface area contributed by atoms with Crippen molar-refractivity contribution in [1.29, 1.82) is 0 Å². The molecule has 1 aliphatic carbocycles. The summed E-state index contributed by atoms with van der Waals surface area (Å²) >= 11 is 0. The zero-order valence-electron chi connectivity index (χ0n) is 14.4. The molecule has 5 nitrogen and oxygen atoms in total. The monoisotopic (exact) mass is 332 g/mol. The fraction of sp³-hybridized carbons (Fsp3) is 0.684. The lowest BCUT2D eigenvalue weighted by molar-refractivity contribution is -0.153. The summed E-state index contributed by atoms with van der Waals surface area (Å²) in [5.74, 6) is 0.911. The normalized spacial score (nSPS) is 27.0. The number of carbonyl (C=O) groups is 1. The summed E-state index contributed by atoms with van der Waals surface area (Å²) in [6.45, 7) is 2.23. The van der Waals surface area contributed by atoms with Gasteiger partial charge in [0.05, 0.1) is 0 Å². The second-order valence-electron chi connectivity index (χ2n) is 7.20. The van der Waals surface area contributed by atoms with Gasteiger partial charge in [-0.15, -0.1) is 0 Å². The van der Waals surface area contributed by atoms with E-state index in [9.17, 15) is 9.90 Å². The van der Waals surface area contributed by atoms with Crippen LogP contribution in [0.3, 0.4) is 0 Å². The van der Waals surface area contributed by atoms with Crippen LogP contribution in [0.4, 0.5) is 5.69 Å². The number of hydrogen-bond donors (Lipinski definition) is 1. The Morgan fingerprint density at radius 2 is 1.71 bits per heavy atom. The molecule has 2 heterocycles. The Balaban J connectivity index is 1.47. The second-order valence-corrected chi connectivity index (χ2v) is 7.20. The first-order valence-electron chi connectivity index (χ1n) is 9.09. The van der Waals surface area contributed by atoms with Gasteiger partial charge in [0.25, 0.3) is 0 Å². The number of pyridine rings is 1. The molecular formula is C19H28N2O3. The van der Waals surface area contributed by atoms with Crippen molar-refractivity contribution >= 4 is 11.7 Å². The van der Waals surface area contributed by atoms with Crippen LogP contribution in [0.2, 0.25) is 0 Å². The van der Waals surface area contributed by atoms with Gasteiger partial charge in [0.2, 0.25) is 0 Å². The molecule has 1 aliphatic heterocycles. The highest BCUT2D eigenvalue weighted by Crippen LogP contribution is 2.39. The number of nitrogens with zero attached hydrogens (tertiary/aromatic N) is 2. The summed E-state index contributed by atoms with van der Waals surface area (Å²) in [6, 6.07) is 4.17. The first-order chi connectivity index (χ1) is 11.7. The topological polar surface area (TPSA) is 62.7 Å². The van der Waals surface area contributed by atoms with Crippen molar-refractivity contribution < 1.29 is 14.6 Å². The first kappa shape index (κ1) is 17.2. The number of ether oxygens (including phenoxy) is 1. The zero-order valence-corrected chi connectivity index (χ0v) is 14.4. The van der Waals surface area contributed by atoms with Crippen LogP contribution in [0.1, 0.15) is 38.5 Å². The molecule has 1 atom stereocenters. The highest BCUT2D eigenvalue weighted by Gasteiger charge is 2.35. The molecule has 132 valence electrons. The lowest BCUT2D eigenvalue weighted by Crippen LogP contribution is -2.39. The third kappa shape index (κ3) is 3.89. The van der Waals surface area contributed by atoms with Crippen LogP contribution < -0.4 is 4.90 Å². The maximum Gasteiger partial charge on any atom is 0.333 e. The third-order valence-electron chi connectivity index (χ3n) is 5.98. The second kappa shape index (κ2) is 7.97. The van der Waals surface area contributed by atoms with E-state index in [1.165, 1.54) is 25.6 Å². The Morgan fingerprint density at radius 1 is 1.12 bits per heavy atom. The van der Waals surface area contributed by atoms with Crippen molar-refractivity contribution in [1.82, 2.24) is 4.98 Å². The van der Waals surface area contributed by atoms with E-state index in [0.29, 0.717) is 0 Å². The van der Waals surface area contributed by atoms with Crippen molar-refractivity contribution in [3.63, 3.8) is 0 Å². The van der Waals surface area contributed by atoms with Crippen LogP contribution in [0, 0.1) is 17.8 Å². The van der Waals surface area contributed by atoms with Gasteiger partial charge >= 0.3 is 5.97 Å². The van der Waals surface area contributed by atoms with Crippen LogP contribution in [-0.4, -0.2) is 42.4 Å². The fourth-order valence-corrected chi connectivity index (χ4v) is 4.60. The van der Waals surface area contributed by atoms with Crippen molar-refractivity contribution in [3.8, 4) is 0 Å². The van der Waals surface area contributed by atoms with E-state index in [1.54, 1.807) is 0 Å². The van der Waals surface area contributed by atoms with Gasteiger partial charge in [0, 0.05) is 38.3 Å². The minimum atomic E-state index is -0.813. The van der Waals surface area contributed by atoms with Crippen molar-refractivity contribution in [3.05, 3.63) is 24.5 Å². The lowest BCUT2D eigenvalue weighted by atomic mass is 9.71. The number of piperidine rings is 1. The molecule has 1 N–H and O–H groups in total. The summed E-state index contributed by atoms with van der Waals surface area (Å²) in [5, 5.41) is 9.24. The number of aliphatic carboxylic acids is 1. The summed E-state index contributed by atoms with van der Waals surface area (Å²) < 4.78 is 5.18. The largest absolute Gasteiger partial charge is 0.479 e. The minimum Gasteiger partial charge on any atom is -0.479 e. The average Bonchev–Trinajstić information content (AvgIpc) is 2.63. The van der Waals surface area contributed by atoms with Gasteiger partial charge in [-0.25, -0.2) is 4.79 Å². The molecule has 1 saturated carbocycles. The smallest absolute Gasteiger partial charge is 0.333 e. The van der Waals surface area contributed by atoms with Crippen LogP contribution in [0.15, 0.2) is 24.5 Å². The molecule has 0 bridgehead atoms. The van der Waals surface area contributed by atoms with Gasteiger partial charge in [-0.1, -0.05) is 0 Å². The predicted octanol–water partition coefficient (Wildman–Crippen LogP) is 3.20. The summed E-state index contributed by atoms with van der Waals surface area (Å²) in [7, 11) is 1.51. The van der Waals surface area contributed by atoms with Crippen molar-refractivity contribution in [2.45, 2.75) is 44.6 Å². The van der Waals surface area contributed by atoms with E-state index in [-0.39, 0.29) is 5.92 Å². The van der Waals surface area contributed by atoms with Gasteiger partial charge in [0.15, 0.2) is 6.10 Å². The molecule has 2 fully saturated rings. The number of carboxylic acid groups (broad SMARTS) is 1. The molecule has 0 radical (unpaired) electrons. The zero-order chi connectivity index (χ0) is 16.9. The lowest BCUT2D eigenvalue weighted by Gasteiger charge is -2.40. The third-order valence-corrected chi connectivity index (χ3v) is 5.98. The Hall–Kier alpha value is -1.62. The van der Waals surface area contributed by atoms with Gasteiger partial charge < -0.3 is 14.7 Å². The average molecular weight is 332 g/mol. The van der Waals surface area contributed by atoms with E-state index in [4.69, 9.17) is 4.74 Å². The van der Waals surface area contributed by atoms with E-state index in [2.05, 4.69) is 22.0 Å². The van der Waals surface area contributed by atoms with E-state index in [0.717, 1.165) is 50.6 Å². The van der Waals surface area contributed by atoms with E-state index in [1.807, 2.05) is 12.4 Å². The Labute approximate surface area is 144 Å². The first-order valence-corrected chi connectivity index (χ1v) is 9.09. The molecule has 1 aromatic heterocycles. The molecule has 1 unspecified atom stereocenters. The molecule has 2 aliphatic rings. The fourth-order valence-electron chi connectivity index (χ4n) is 4.60. The van der Waals surface area contributed by atoms with Gasteiger partial charge in [-0.2, -0.15) is 0 Å². The quantitative estimate of drug-likeness (QED) is 0.897. The van der Waals surface area contributed by atoms with Crippen LogP contribution >= 0.6 is 0 Å². The molecule has 0 aromatic carbocycles. The van der Waals surface area contributed by atoms with Crippen molar-refractivity contribution in [2.75, 3.05) is 25.1 Å². The molecule has 5 heteroatoms. The number of rotatable bonds is 5. The van der Waals surface area contributed by atoms with Gasteiger partial charge in [-0.3, -0.25) is 4.98 Å². The van der Waals surface area contributed by atoms with E-state index < -0.39 is 12.1 Å². The molecule has 1 aromatic rings. The van der Waals surface area contributed by atoms with Crippen LogP contribution in [0.5, 0.6) is 0 Å². The number of aromatic nitrogens is 1. The maximum atomic E-state index is 11.2. The van der Waals surface area contributed by atoms with Gasteiger partial charge in [0.1, 0.15) is 0 Å². The summed E-state index contributed by atoms with van der Waals surface area (Å²) in [6.07, 6.45) is 9.85. The maximum absolute atomic E-state index is 11.2. The Bertz CT molecular complexity index is 521. The Morgan fingerprint density at radius 3 is 2.25 bits per heavy atom. The van der Waals surface area contributed by atoms with E-state index >= 15 is 0 Å². The van der Waals surface area contributed by atoms with Crippen LogP contribution in [-0.2, 0) is 9.53 Å². The summed E-state index contributed by atoms with van der Waals surface area (Å²) in [4.78, 5) is 17.8. The van der Waals surface area contributed by atoms with Crippen LogP contribution in [0.25, 0.3) is 0 Å². The summed E-state index contributed by atoms with van der Waals surface area (Å²) in [5.41, 5.74) is 1.27. The number of methoxy groups -OCH3 is 1. The molecule has 24 heavy (non-hydrogen) atoms. The van der Waals surface area contributed by atoms with Crippen molar-refractivity contribution in [2.24, 2.45) is 17.8 Å². The minimum absolute atomic E-state index is 0.181. The molecule has 0 amide bonds. The predicted molar refractivity (Wildman–Crippen MR) is 93.1 cm³/mol. The molecule has 3 rings (SSSR count). The standard InChI is InChI=1S/C19H28N2O3/c1-24-18(19(22)23)16-4-2-14(3-5-16)15-8-12-21(13-9-15)17-6-10-20-11-7-17/h6-7,10-11,14-16,18H,2-5,8-9,12-13H2,1H3,(H,22,23). The number of hydrogen-bond acceptors (Lipinski definition) is 4. The van der Waals surface area contributed by atoms with Gasteiger partial charge in [-0.05, 0) is 68.4 Å². The Kier molecular flexibility index (Phi) is 5.72. The number of carboxylic acids is 1. The number of anilines is 1. The molecule has 0 spiro atoms. The molecule has 1 saturated heterocycles. The highest BCUT2D eigenvalue weighted by molar-refractivity contribution is 5.72.